The predicted molar refractivity (Wildman–Crippen MR) is 64.7 cm³/mol. The first kappa shape index (κ1) is 11.7. The maximum atomic E-state index is 11.9. The molecule has 80 valence electrons. The van der Waals surface area contributed by atoms with Gasteiger partial charge in [0.15, 0.2) is 5.78 Å². The Labute approximate surface area is 91.9 Å². The highest BCUT2D eigenvalue weighted by Gasteiger charge is 2.12. The van der Waals surface area contributed by atoms with Gasteiger partial charge < -0.3 is 0 Å². The standard InChI is InChI=1S/C14H18O/c1-3-4-6-9-12(2)14(15)13-10-7-5-8-11-13/h3-4,6,9-10H,1,5,7-8,11H2,2H3/b6-4-,12-9+. The second-order valence-electron chi connectivity index (χ2n) is 3.77. The molecule has 0 aromatic carbocycles. The third-order valence-corrected chi connectivity index (χ3v) is 2.53. The summed E-state index contributed by atoms with van der Waals surface area (Å²) in [6, 6.07) is 0. The van der Waals surface area contributed by atoms with Gasteiger partial charge in [-0.1, -0.05) is 37.0 Å². The molecule has 0 unspecified atom stereocenters. The quantitative estimate of drug-likeness (QED) is 0.501. The van der Waals surface area contributed by atoms with E-state index in [1.165, 1.54) is 6.42 Å². The third-order valence-electron chi connectivity index (χ3n) is 2.53. The number of carbonyl (C=O) groups is 1. The van der Waals surface area contributed by atoms with Gasteiger partial charge in [-0.05, 0) is 43.8 Å². The van der Waals surface area contributed by atoms with Crippen molar-refractivity contribution in [2.75, 3.05) is 0 Å². The van der Waals surface area contributed by atoms with E-state index < -0.39 is 0 Å². The molecule has 0 bridgehead atoms. The Kier molecular flexibility index (Phi) is 4.82. The van der Waals surface area contributed by atoms with Crippen molar-refractivity contribution >= 4 is 5.78 Å². The van der Waals surface area contributed by atoms with Gasteiger partial charge in [-0.25, -0.2) is 0 Å². The van der Waals surface area contributed by atoms with E-state index in [-0.39, 0.29) is 5.78 Å². The number of carbonyl (C=O) groups excluding carboxylic acids is 1. The molecule has 0 radical (unpaired) electrons. The van der Waals surface area contributed by atoms with Gasteiger partial charge in [-0.2, -0.15) is 0 Å². The van der Waals surface area contributed by atoms with Crippen LogP contribution < -0.4 is 0 Å². The summed E-state index contributed by atoms with van der Waals surface area (Å²) in [6.07, 6.45) is 13.7. The topological polar surface area (TPSA) is 17.1 Å². The van der Waals surface area contributed by atoms with Crippen molar-refractivity contribution in [2.45, 2.75) is 32.6 Å². The number of allylic oxidation sites excluding steroid dienone is 7. The Morgan fingerprint density at radius 3 is 2.80 bits per heavy atom. The minimum Gasteiger partial charge on any atom is -0.289 e. The molecule has 0 spiro atoms. The Balaban J connectivity index is 2.66. The molecule has 0 N–H and O–H groups in total. The van der Waals surface area contributed by atoms with Gasteiger partial charge in [-0.15, -0.1) is 0 Å². The lowest BCUT2D eigenvalue weighted by molar-refractivity contribution is -0.112. The van der Waals surface area contributed by atoms with E-state index in [4.69, 9.17) is 0 Å². The number of hydrogen-bond donors (Lipinski definition) is 0. The molecule has 1 aliphatic rings. The highest BCUT2D eigenvalue weighted by molar-refractivity contribution is 6.07. The molecule has 0 aromatic heterocycles. The van der Waals surface area contributed by atoms with Crippen molar-refractivity contribution in [1.82, 2.24) is 0 Å². The zero-order chi connectivity index (χ0) is 11.1. The molecule has 1 aliphatic carbocycles. The van der Waals surface area contributed by atoms with Gasteiger partial charge in [0.25, 0.3) is 0 Å². The molecule has 1 heteroatoms. The molecule has 0 fully saturated rings. The highest BCUT2D eigenvalue weighted by Crippen LogP contribution is 2.20. The highest BCUT2D eigenvalue weighted by atomic mass is 16.1. The molecule has 1 rings (SSSR count). The molecule has 0 aromatic rings. The lowest BCUT2D eigenvalue weighted by atomic mass is 9.93. The first-order valence-corrected chi connectivity index (χ1v) is 5.45. The summed E-state index contributed by atoms with van der Waals surface area (Å²) < 4.78 is 0. The van der Waals surface area contributed by atoms with E-state index in [1.54, 1.807) is 6.08 Å². The van der Waals surface area contributed by atoms with Crippen molar-refractivity contribution < 1.29 is 4.79 Å². The summed E-state index contributed by atoms with van der Waals surface area (Å²) in [5.74, 6) is 0.198. The van der Waals surface area contributed by atoms with Crippen LogP contribution in [0, 0.1) is 0 Å². The van der Waals surface area contributed by atoms with Gasteiger partial charge in [0, 0.05) is 0 Å². The Morgan fingerprint density at radius 1 is 1.40 bits per heavy atom. The van der Waals surface area contributed by atoms with Crippen LogP contribution in [0.15, 0.2) is 48.1 Å². The second-order valence-corrected chi connectivity index (χ2v) is 3.77. The Hall–Kier alpha value is -1.37. The summed E-state index contributed by atoms with van der Waals surface area (Å²) in [5.41, 5.74) is 1.79. The Morgan fingerprint density at radius 2 is 2.20 bits per heavy atom. The minimum atomic E-state index is 0.198. The van der Waals surface area contributed by atoms with Crippen molar-refractivity contribution in [1.29, 1.82) is 0 Å². The van der Waals surface area contributed by atoms with Crippen molar-refractivity contribution in [3.63, 3.8) is 0 Å². The zero-order valence-corrected chi connectivity index (χ0v) is 9.33. The molecule has 0 saturated carbocycles. The van der Waals surface area contributed by atoms with E-state index in [0.29, 0.717) is 0 Å². The summed E-state index contributed by atoms with van der Waals surface area (Å²) >= 11 is 0. The monoisotopic (exact) mass is 202 g/mol. The normalized spacial score (nSPS) is 17.7. The fraction of sp³-hybridized carbons (Fsp3) is 0.357. The van der Waals surface area contributed by atoms with Crippen molar-refractivity contribution in [3.05, 3.63) is 48.1 Å². The van der Waals surface area contributed by atoms with Crippen LogP contribution in [0.1, 0.15) is 32.6 Å². The van der Waals surface area contributed by atoms with Crippen LogP contribution in [0.5, 0.6) is 0 Å². The van der Waals surface area contributed by atoms with Crippen LogP contribution in [0.2, 0.25) is 0 Å². The first-order chi connectivity index (χ1) is 7.25. The molecule has 1 nitrogen and oxygen atoms in total. The van der Waals surface area contributed by atoms with E-state index in [1.807, 2.05) is 25.2 Å². The number of rotatable bonds is 4. The van der Waals surface area contributed by atoms with Crippen molar-refractivity contribution in [2.24, 2.45) is 0 Å². The number of Topliss-reactive ketones (excluding diaryl/α,β-unsaturated/α-hetero) is 1. The number of ketones is 1. The smallest absolute Gasteiger partial charge is 0.184 e. The van der Waals surface area contributed by atoms with E-state index >= 15 is 0 Å². The van der Waals surface area contributed by atoms with Crippen LogP contribution in [0.4, 0.5) is 0 Å². The largest absolute Gasteiger partial charge is 0.289 e. The van der Waals surface area contributed by atoms with Gasteiger partial charge >= 0.3 is 0 Å². The minimum absolute atomic E-state index is 0.198. The van der Waals surface area contributed by atoms with E-state index in [9.17, 15) is 4.79 Å². The average molecular weight is 202 g/mol. The molecule has 0 atom stereocenters. The van der Waals surface area contributed by atoms with Crippen LogP contribution in [0.25, 0.3) is 0 Å². The summed E-state index contributed by atoms with van der Waals surface area (Å²) in [5, 5.41) is 0. The van der Waals surface area contributed by atoms with Gasteiger partial charge in [0.05, 0.1) is 0 Å². The lowest BCUT2D eigenvalue weighted by Gasteiger charge is -2.11. The van der Waals surface area contributed by atoms with E-state index in [2.05, 4.69) is 12.7 Å². The molecule has 0 heterocycles. The molecular weight excluding hydrogens is 184 g/mol. The van der Waals surface area contributed by atoms with Gasteiger partial charge in [0.2, 0.25) is 0 Å². The summed E-state index contributed by atoms with van der Waals surface area (Å²) in [7, 11) is 0. The van der Waals surface area contributed by atoms with E-state index in [0.717, 1.165) is 30.4 Å². The fourth-order valence-corrected chi connectivity index (χ4v) is 1.65. The molecule has 0 saturated heterocycles. The molecular formula is C14H18O. The second kappa shape index (κ2) is 6.18. The average Bonchev–Trinajstić information content (AvgIpc) is 2.29. The zero-order valence-electron chi connectivity index (χ0n) is 9.33. The summed E-state index contributed by atoms with van der Waals surface area (Å²) in [4.78, 5) is 11.9. The maximum Gasteiger partial charge on any atom is 0.184 e. The summed E-state index contributed by atoms with van der Waals surface area (Å²) in [6.45, 7) is 5.45. The van der Waals surface area contributed by atoms with Crippen LogP contribution in [-0.2, 0) is 4.79 Å². The van der Waals surface area contributed by atoms with Gasteiger partial charge in [-0.3, -0.25) is 4.79 Å². The van der Waals surface area contributed by atoms with Crippen LogP contribution in [-0.4, -0.2) is 5.78 Å². The molecule has 0 aliphatic heterocycles. The van der Waals surface area contributed by atoms with Crippen LogP contribution in [0.3, 0.4) is 0 Å². The maximum absolute atomic E-state index is 11.9. The van der Waals surface area contributed by atoms with Crippen molar-refractivity contribution in [3.8, 4) is 0 Å². The first-order valence-electron chi connectivity index (χ1n) is 5.45. The number of hydrogen-bond acceptors (Lipinski definition) is 1. The fourth-order valence-electron chi connectivity index (χ4n) is 1.65. The predicted octanol–water partition coefficient (Wildman–Crippen LogP) is 3.74. The third kappa shape index (κ3) is 3.70. The molecule has 0 amide bonds. The van der Waals surface area contributed by atoms with Gasteiger partial charge in [0.1, 0.15) is 0 Å². The molecule has 15 heavy (non-hydrogen) atoms. The lowest BCUT2D eigenvalue weighted by Crippen LogP contribution is -2.06. The Bertz CT molecular complexity index is 329. The SMILES string of the molecule is C=C/C=C\C=C(/C)C(=O)C1=CCCCC1. The van der Waals surface area contributed by atoms with Crippen LogP contribution >= 0.6 is 0 Å².